The third-order valence-electron chi connectivity index (χ3n) is 3.61. The number of aromatic nitrogens is 4. The van der Waals surface area contributed by atoms with Crippen LogP contribution in [0.1, 0.15) is 17.8 Å². The lowest BCUT2D eigenvalue weighted by Gasteiger charge is -2.07. The minimum Gasteiger partial charge on any atom is -0.349 e. The van der Waals surface area contributed by atoms with Gasteiger partial charge in [-0.2, -0.15) is 4.68 Å². The van der Waals surface area contributed by atoms with E-state index in [0.717, 1.165) is 17.7 Å². The number of halogens is 2. The maximum absolute atomic E-state index is 13.4. The first-order valence-corrected chi connectivity index (χ1v) is 7.67. The second-order valence-corrected chi connectivity index (χ2v) is 5.37. The summed E-state index contributed by atoms with van der Waals surface area (Å²) >= 11 is 0. The Labute approximate surface area is 142 Å². The van der Waals surface area contributed by atoms with Gasteiger partial charge in [-0.25, -0.2) is 8.78 Å². The lowest BCUT2D eigenvalue weighted by molar-refractivity contribution is -0.121. The van der Waals surface area contributed by atoms with Crippen LogP contribution >= 0.6 is 0 Å². The molecular weight excluding hydrogens is 328 g/mol. The lowest BCUT2D eigenvalue weighted by atomic mass is 10.1. The summed E-state index contributed by atoms with van der Waals surface area (Å²) in [6.07, 6.45) is 0.956. The molecular formula is C17H15F2N5O. The number of nitrogens with one attached hydrogen (secondary N) is 1. The number of rotatable bonds is 6. The maximum Gasteiger partial charge on any atom is 0.220 e. The number of hydrogen-bond acceptors (Lipinski definition) is 4. The van der Waals surface area contributed by atoms with Crippen LogP contribution in [0, 0.1) is 11.6 Å². The standard InChI is InChI=1S/C17H15F2N5O/c18-14-8-7-13(10-15(14)19)24-16(21-22-23-24)11-20-17(25)9-6-12-4-2-1-3-5-12/h1-5,7-8,10H,6,9,11H2,(H,20,25). The summed E-state index contributed by atoms with van der Waals surface area (Å²) in [5, 5.41) is 13.8. The van der Waals surface area contributed by atoms with E-state index in [2.05, 4.69) is 20.8 Å². The van der Waals surface area contributed by atoms with Crippen molar-refractivity contribution >= 4 is 5.91 Å². The first-order valence-electron chi connectivity index (χ1n) is 7.67. The van der Waals surface area contributed by atoms with E-state index in [1.54, 1.807) is 0 Å². The molecule has 0 spiro atoms. The van der Waals surface area contributed by atoms with Gasteiger partial charge in [0.15, 0.2) is 17.5 Å². The zero-order valence-electron chi connectivity index (χ0n) is 13.2. The van der Waals surface area contributed by atoms with Gasteiger partial charge in [0.1, 0.15) is 0 Å². The second kappa shape index (κ2) is 7.61. The van der Waals surface area contributed by atoms with Crippen LogP contribution in [0.25, 0.3) is 5.69 Å². The van der Waals surface area contributed by atoms with Crippen molar-refractivity contribution in [2.45, 2.75) is 19.4 Å². The maximum atomic E-state index is 13.4. The second-order valence-electron chi connectivity index (χ2n) is 5.37. The molecule has 128 valence electrons. The number of aryl methyl sites for hydroxylation is 1. The van der Waals surface area contributed by atoms with Gasteiger partial charge in [-0.05, 0) is 34.5 Å². The lowest BCUT2D eigenvalue weighted by Crippen LogP contribution is -2.25. The van der Waals surface area contributed by atoms with Gasteiger partial charge < -0.3 is 5.32 Å². The van der Waals surface area contributed by atoms with Crippen LogP contribution in [0.15, 0.2) is 48.5 Å². The number of hydrogen-bond donors (Lipinski definition) is 1. The Kier molecular flexibility index (Phi) is 5.08. The van der Waals surface area contributed by atoms with Gasteiger partial charge >= 0.3 is 0 Å². The van der Waals surface area contributed by atoms with Crippen molar-refractivity contribution in [2.24, 2.45) is 0 Å². The molecule has 2 aromatic carbocycles. The molecule has 0 unspecified atom stereocenters. The minimum atomic E-state index is -0.995. The molecule has 1 aromatic heterocycles. The van der Waals surface area contributed by atoms with E-state index in [9.17, 15) is 13.6 Å². The molecule has 1 heterocycles. The van der Waals surface area contributed by atoms with Crippen LogP contribution in [0.4, 0.5) is 8.78 Å². The average Bonchev–Trinajstić information content (AvgIpc) is 3.10. The molecule has 0 atom stereocenters. The predicted molar refractivity (Wildman–Crippen MR) is 85.7 cm³/mol. The molecule has 0 aliphatic rings. The molecule has 6 nitrogen and oxygen atoms in total. The summed E-state index contributed by atoms with van der Waals surface area (Å²) in [5.41, 5.74) is 1.35. The van der Waals surface area contributed by atoms with E-state index in [1.165, 1.54) is 10.7 Å². The Morgan fingerprint density at radius 2 is 1.88 bits per heavy atom. The van der Waals surface area contributed by atoms with E-state index < -0.39 is 11.6 Å². The third-order valence-corrected chi connectivity index (χ3v) is 3.61. The van der Waals surface area contributed by atoms with Crippen molar-refractivity contribution in [2.75, 3.05) is 0 Å². The number of nitrogens with zero attached hydrogens (tertiary/aromatic N) is 4. The van der Waals surface area contributed by atoms with Crippen molar-refractivity contribution < 1.29 is 13.6 Å². The van der Waals surface area contributed by atoms with Gasteiger partial charge in [-0.1, -0.05) is 30.3 Å². The molecule has 1 amide bonds. The SMILES string of the molecule is O=C(CCc1ccccc1)NCc1nnnn1-c1ccc(F)c(F)c1. The summed E-state index contributed by atoms with van der Waals surface area (Å²) in [6, 6.07) is 13.0. The van der Waals surface area contributed by atoms with Crippen LogP contribution in [0.2, 0.25) is 0 Å². The topological polar surface area (TPSA) is 72.7 Å². The molecule has 3 aromatic rings. The van der Waals surface area contributed by atoms with Crippen molar-refractivity contribution in [1.29, 1.82) is 0 Å². The fraction of sp³-hybridized carbons (Fsp3) is 0.176. The minimum absolute atomic E-state index is 0.0830. The smallest absolute Gasteiger partial charge is 0.220 e. The van der Waals surface area contributed by atoms with Gasteiger partial charge in [0.25, 0.3) is 0 Å². The van der Waals surface area contributed by atoms with E-state index in [0.29, 0.717) is 18.7 Å². The number of carbonyl (C=O) groups excluding carboxylic acids is 1. The van der Waals surface area contributed by atoms with Gasteiger partial charge in [0.2, 0.25) is 5.91 Å². The summed E-state index contributed by atoms with van der Waals surface area (Å²) < 4.78 is 27.6. The van der Waals surface area contributed by atoms with Gasteiger partial charge in [-0.15, -0.1) is 5.10 Å². The summed E-state index contributed by atoms with van der Waals surface area (Å²) in [5.74, 6) is -1.78. The Hall–Kier alpha value is -3.16. The molecule has 8 heteroatoms. The summed E-state index contributed by atoms with van der Waals surface area (Å²) in [4.78, 5) is 12.0. The van der Waals surface area contributed by atoms with Crippen molar-refractivity contribution in [3.8, 4) is 5.69 Å². The third kappa shape index (κ3) is 4.23. The van der Waals surface area contributed by atoms with Gasteiger partial charge in [0, 0.05) is 12.5 Å². The molecule has 0 aliphatic heterocycles. The molecule has 0 bridgehead atoms. The van der Waals surface area contributed by atoms with Gasteiger partial charge in [-0.3, -0.25) is 4.79 Å². The monoisotopic (exact) mass is 343 g/mol. The fourth-order valence-corrected chi connectivity index (χ4v) is 2.30. The molecule has 0 saturated heterocycles. The van der Waals surface area contributed by atoms with E-state index in [1.807, 2.05) is 30.3 Å². The normalized spacial score (nSPS) is 10.6. The Morgan fingerprint density at radius 3 is 2.64 bits per heavy atom. The van der Waals surface area contributed by atoms with Gasteiger partial charge in [0.05, 0.1) is 12.2 Å². The highest BCUT2D eigenvalue weighted by Gasteiger charge is 2.12. The zero-order valence-corrected chi connectivity index (χ0v) is 13.2. The zero-order chi connectivity index (χ0) is 17.6. The van der Waals surface area contributed by atoms with E-state index in [-0.39, 0.29) is 18.1 Å². The highest BCUT2D eigenvalue weighted by molar-refractivity contribution is 5.76. The van der Waals surface area contributed by atoms with Crippen LogP contribution in [0.3, 0.4) is 0 Å². The first-order chi connectivity index (χ1) is 12.1. The summed E-state index contributed by atoms with van der Waals surface area (Å²) in [6.45, 7) is 0.0830. The molecule has 0 fully saturated rings. The molecule has 25 heavy (non-hydrogen) atoms. The quantitative estimate of drug-likeness (QED) is 0.745. The average molecular weight is 343 g/mol. The molecule has 1 N–H and O–H groups in total. The molecule has 0 aliphatic carbocycles. The van der Waals surface area contributed by atoms with E-state index >= 15 is 0 Å². The van der Waals surface area contributed by atoms with Crippen molar-refractivity contribution in [3.05, 3.63) is 71.6 Å². The fourth-order valence-electron chi connectivity index (χ4n) is 2.30. The highest BCUT2D eigenvalue weighted by Crippen LogP contribution is 2.13. The van der Waals surface area contributed by atoms with Crippen LogP contribution < -0.4 is 5.32 Å². The molecule has 0 saturated carbocycles. The van der Waals surface area contributed by atoms with Crippen LogP contribution in [-0.2, 0) is 17.8 Å². The molecule has 3 rings (SSSR count). The predicted octanol–water partition coefficient (Wildman–Crippen LogP) is 2.19. The van der Waals surface area contributed by atoms with E-state index in [4.69, 9.17) is 0 Å². The van der Waals surface area contributed by atoms with Crippen molar-refractivity contribution in [3.63, 3.8) is 0 Å². The van der Waals surface area contributed by atoms with Crippen LogP contribution in [0.5, 0.6) is 0 Å². The van der Waals surface area contributed by atoms with Crippen molar-refractivity contribution in [1.82, 2.24) is 25.5 Å². The number of benzene rings is 2. The molecule has 0 radical (unpaired) electrons. The first kappa shape index (κ1) is 16.7. The summed E-state index contributed by atoms with van der Waals surface area (Å²) in [7, 11) is 0. The van der Waals surface area contributed by atoms with Crippen LogP contribution in [-0.4, -0.2) is 26.1 Å². The Balaban J connectivity index is 1.59. The Morgan fingerprint density at radius 1 is 1.08 bits per heavy atom. The number of amides is 1. The Bertz CT molecular complexity index is 866. The number of carbonyl (C=O) groups is 1. The largest absolute Gasteiger partial charge is 0.349 e. The highest BCUT2D eigenvalue weighted by atomic mass is 19.2. The number of tetrazole rings is 1.